The summed E-state index contributed by atoms with van der Waals surface area (Å²) in [5, 5.41) is 12.3. The zero-order valence-electron chi connectivity index (χ0n) is 23.6. The first-order valence-corrected chi connectivity index (χ1v) is 14.2. The van der Waals surface area contributed by atoms with Crippen molar-refractivity contribution in [1.29, 1.82) is 0 Å². The summed E-state index contributed by atoms with van der Waals surface area (Å²) in [6.45, 7) is 1.99. The predicted octanol–water partition coefficient (Wildman–Crippen LogP) is 2.44. The molecule has 8 heteroatoms. The second kappa shape index (κ2) is 15.3. The molecule has 1 aliphatic rings. The van der Waals surface area contributed by atoms with Gasteiger partial charge < -0.3 is 16.7 Å². The number of benzene rings is 2. The molecule has 3 rings (SSSR count). The number of thioether (sulfide) groups is 1. The number of carboxylic acids is 1. The van der Waals surface area contributed by atoms with Crippen LogP contribution in [-0.2, 0) is 16.0 Å². The summed E-state index contributed by atoms with van der Waals surface area (Å²) in [5.41, 5.74) is 4.12. The Morgan fingerprint density at radius 3 is 2.46 bits per heavy atom. The smallest absolute Gasteiger partial charge is 1.00 e. The Labute approximate surface area is 238 Å². The predicted molar refractivity (Wildman–Crippen MR) is 148 cm³/mol. The maximum atomic E-state index is 13.2. The number of hydrogen-bond acceptors (Lipinski definition) is 4. The first kappa shape index (κ1) is 31.0. The van der Waals surface area contributed by atoms with E-state index in [9.17, 15) is 19.5 Å². The monoisotopic (exact) mass is 518 g/mol. The molecule has 0 saturated heterocycles. The number of aryl methyl sites for hydroxylation is 2. The van der Waals surface area contributed by atoms with Gasteiger partial charge in [0.25, 0.3) is 5.91 Å². The summed E-state index contributed by atoms with van der Waals surface area (Å²) in [6, 6.07) is 12.8. The van der Waals surface area contributed by atoms with E-state index < -0.39 is 17.9 Å². The molecule has 0 spiro atoms. The summed E-state index contributed by atoms with van der Waals surface area (Å²) >= 11 is 1.55. The Kier molecular flexibility index (Phi) is 12.8. The summed E-state index contributed by atoms with van der Waals surface area (Å²) in [6.07, 6.45) is 9.06. The number of carbonyl (C=O) groups is 3. The number of nitrogens with zero attached hydrogens (tertiary/aromatic N) is 1. The Morgan fingerprint density at radius 1 is 1.11 bits per heavy atom. The van der Waals surface area contributed by atoms with Gasteiger partial charge in [-0.05, 0) is 72.9 Å². The Bertz CT molecular complexity index is 1080. The van der Waals surface area contributed by atoms with Crippen molar-refractivity contribution in [2.45, 2.75) is 70.4 Å². The summed E-state index contributed by atoms with van der Waals surface area (Å²) < 4.78 is 0. The minimum atomic E-state index is -1.04. The van der Waals surface area contributed by atoms with E-state index in [1.807, 2.05) is 61.5 Å². The van der Waals surface area contributed by atoms with Crippen LogP contribution in [0.2, 0.25) is 0 Å². The van der Waals surface area contributed by atoms with Crippen LogP contribution in [0.5, 0.6) is 0 Å². The summed E-state index contributed by atoms with van der Waals surface area (Å²) in [7, 11) is 1.92. The SMILES string of the molecule is CSCC[C@H](NC(=O)c1ccc(CCC(=O)N(C)C2CCCCC2)cc1-c1ccccc1C)C(=O)O.[H-].[Li+]. The van der Waals surface area contributed by atoms with Crippen LogP contribution in [0.4, 0.5) is 0 Å². The molecule has 2 N–H and O–H groups in total. The molecule has 0 bridgehead atoms. The van der Waals surface area contributed by atoms with Crippen LogP contribution in [0.3, 0.4) is 0 Å². The molecule has 196 valence electrons. The van der Waals surface area contributed by atoms with Crippen LogP contribution in [0.15, 0.2) is 42.5 Å². The summed E-state index contributed by atoms with van der Waals surface area (Å²) in [4.78, 5) is 39.7. The molecular weight excluding hydrogens is 479 g/mol. The number of rotatable bonds is 11. The molecule has 1 saturated carbocycles. The second-order valence-corrected chi connectivity index (χ2v) is 10.6. The van der Waals surface area contributed by atoms with Crippen LogP contribution in [0.25, 0.3) is 11.1 Å². The minimum absolute atomic E-state index is 0. The quantitative estimate of drug-likeness (QED) is 0.447. The molecule has 0 heterocycles. The number of hydrogen-bond donors (Lipinski definition) is 2. The van der Waals surface area contributed by atoms with E-state index in [2.05, 4.69) is 5.32 Å². The van der Waals surface area contributed by atoms with Gasteiger partial charge in [0.05, 0.1) is 0 Å². The van der Waals surface area contributed by atoms with Crippen molar-refractivity contribution < 1.29 is 39.8 Å². The molecule has 0 unspecified atom stereocenters. The maximum Gasteiger partial charge on any atom is 1.00 e. The van der Waals surface area contributed by atoms with E-state index in [0.717, 1.165) is 35.1 Å². The molecule has 2 amide bonds. The third-order valence-corrected chi connectivity index (χ3v) is 7.77. The van der Waals surface area contributed by atoms with Crippen molar-refractivity contribution in [2.75, 3.05) is 19.1 Å². The molecular formula is C29H39LiN2O4S. The normalized spacial score (nSPS) is 14.4. The average Bonchev–Trinajstić information content (AvgIpc) is 2.89. The fourth-order valence-corrected chi connectivity index (χ4v) is 5.34. The van der Waals surface area contributed by atoms with E-state index in [4.69, 9.17) is 0 Å². The number of nitrogens with one attached hydrogen (secondary N) is 1. The number of carbonyl (C=O) groups excluding carboxylic acids is 2. The molecule has 1 fully saturated rings. The van der Waals surface area contributed by atoms with E-state index in [1.165, 1.54) is 19.3 Å². The average molecular weight is 519 g/mol. The maximum absolute atomic E-state index is 13.2. The standard InChI is InChI=1S/C29H38N2O4S.Li.H/c1-20-9-7-8-12-23(20)25-19-21(14-16-27(32)31(2)22-10-5-4-6-11-22)13-15-24(25)28(33)30-26(29(34)35)17-18-36-3;;/h7-9,12-13,15,19,22,26H,4-6,10-11,14,16-18H2,1-3H3,(H,30,33)(H,34,35);;/q;+1;-1/t26-;;/m0../s1. The van der Waals surface area contributed by atoms with Crippen molar-refractivity contribution in [2.24, 2.45) is 0 Å². The molecule has 6 nitrogen and oxygen atoms in total. The first-order chi connectivity index (χ1) is 17.3. The van der Waals surface area contributed by atoms with Gasteiger partial charge in [0.15, 0.2) is 0 Å². The molecule has 1 atom stereocenters. The van der Waals surface area contributed by atoms with Crippen molar-refractivity contribution in [3.8, 4) is 11.1 Å². The van der Waals surface area contributed by atoms with Gasteiger partial charge >= 0.3 is 24.8 Å². The molecule has 1 aliphatic carbocycles. The van der Waals surface area contributed by atoms with Gasteiger partial charge in [-0.3, -0.25) is 9.59 Å². The molecule has 0 aromatic heterocycles. The third kappa shape index (κ3) is 8.67. The van der Waals surface area contributed by atoms with Crippen LogP contribution in [0.1, 0.15) is 67.9 Å². The fraction of sp³-hybridized carbons (Fsp3) is 0.483. The summed E-state index contributed by atoms with van der Waals surface area (Å²) in [5.74, 6) is -0.641. The molecule has 2 aromatic rings. The Hall–Kier alpha value is -2.20. The van der Waals surface area contributed by atoms with Crippen molar-refractivity contribution in [3.63, 3.8) is 0 Å². The van der Waals surface area contributed by atoms with Gasteiger partial charge in [-0.1, -0.05) is 55.7 Å². The number of amides is 2. The molecule has 37 heavy (non-hydrogen) atoms. The van der Waals surface area contributed by atoms with Gasteiger partial charge in [0.1, 0.15) is 6.04 Å². The fourth-order valence-electron chi connectivity index (χ4n) is 4.87. The molecule has 0 aliphatic heterocycles. The van der Waals surface area contributed by atoms with Gasteiger partial charge in [-0.2, -0.15) is 11.8 Å². The van der Waals surface area contributed by atoms with E-state index in [1.54, 1.807) is 17.8 Å². The third-order valence-electron chi connectivity index (χ3n) is 7.12. The zero-order valence-corrected chi connectivity index (χ0v) is 23.4. The van der Waals surface area contributed by atoms with Crippen LogP contribution < -0.4 is 24.2 Å². The minimum Gasteiger partial charge on any atom is -1.00 e. The van der Waals surface area contributed by atoms with E-state index in [-0.39, 0.29) is 26.2 Å². The first-order valence-electron chi connectivity index (χ1n) is 12.8. The Balaban J connectivity index is 0.00000361. The van der Waals surface area contributed by atoms with Crippen molar-refractivity contribution in [3.05, 3.63) is 59.2 Å². The van der Waals surface area contributed by atoms with Crippen molar-refractivity contribution in [1.82, 2.24) is 10.2 Å². The topological polar surface area (TPSA) is 86.7 Å². The molecule has 0 radical (unpaired) electrons. The van der Waals surface area contributed by atoms with Gasteiger partial charge in [-0.25, -0.2) is 4.79 Å². The van der Waals surface area contributed by atoms with Crippen molar-refractivity contribution >= 4 is 29.5 Å². The van der Waals surface area contributed by atoms with E-state index >= 15 is 0 Å². The van der Waals surface area contributed by atoms with Gasteiger partial charge in [0.2, 0.25) is 5.91 Å². The second-order valence-electron chi connectivity index (χ2n) is 9.64. The van der Waals surface area contributed by atoms with E-state index in [0.29, 0.717) is 36.6 Å². The number of carboxylic acid groups (broad SMARTS) is 1. The van der Waals surface area contributed by atoms with Crippen LogP contribution >= 0.6 is 11.8 Å². The molecule has 2 aromatic carbocycles. The largest absolute Gasteiger partial charge is 1.00 e. The van der Waals surface area contributed by atoms with Crippen LogP contribution in [0, 0.1) is 6.92 Å². The van der Waals surface area contributed by atoms with Gasteiger partial charge in [-0.15, -0.1) is 0 Å². The van der Waals surface area contributed by atoms with Gasteiger partial charge in [0, 0.05) is 25.1 Å². The zero-order chi connectivity index (χ0) is 26.1. The van der Waals surface area contributed by atoms with Crippen LogP contribution in [-0.4, -0.2) is 58.9 Å². The Morgan fingerprint density at radius 2 is 1.81 bits per heavy atom. The number of aliphatic carboxylic acids is 1.